The maximum absolute atomic E-state index is 13.5. The normalized spacial score (nSPS) is 13.4. The van der Waals surface area contributed by atoms with E-state index in [1.807, 2.05) is 30.3 Å². The van der Waals surface area contributed by atoms with E-state index in [0.717, 1.165) is 11.3 Å². The number of aromatic nitrogens is 1. The number of nitrogens with zero attached hydrogens (tertiary/aromatic N) is 2. The summed E-state index contributed by atoms with van der Waals surface area (Å²) in [6.07, 6.45) is 2.27. The second-order valence-electron chi connectivity index (χ2n) is 6.13. The summed E-state index contributed by atoms with van der Waals surface area (Å²) in [7, 11) is 0. The van der Waals surface area contributed by atoms with Crippen LogP contribution in [0.25, 0.3) is 0 Å². The van der Waals surface area contributed by atoms with Gasteiger partial charge in [-0.2, -0.15) is 0 Å². The fourth-order valence-corrected chi connectivity index (χ4v) is 3.03. The molecule has 0 spiro atoms. The molecule has 0 N–H and O–H groups in total. The summed E-state index contributed by atoms with van der Waals surface area (Å²) in [5.74, 6) is -0.00396. The van der Waals surface area contributed by atoms with Crippen LogP contribution < -0.4 is 9.64 Å². The smallest absolute Gasteiger partial charge is 0.260 e. The quantitative estimate of drug-likeness (QED) is 0.716. The first kappa shape index (κ1) is 16.3. The van der Waals surface area contributed by atoms with Crippen molar-refractivity contribution in [3.63, 3.8) is 0 Å². The molecule has 4 nitrogen and oxygen atoms in total. The van der Waals surface area contributed by atoms with Gasteiger partial charge in [0.25, 0.3) is 5.91 Å². The highest BCUT2D eigenvalue weighted by molar-refractivity contribution is 6.08. The largest absolute Gasteiger partial charge is 0.487 e. The first-order valence-electron chi connectivity index (χ1n) is 8.44. The van der Waals surface area contributed by atoms with Crippen LogP contribution in [0.3, 0.4) is 0 Å². The highest BCUT2D eigenvalue weighted by Crippen LogP contribution is 2.26. The number of hydrogen-bond donors (Lipinski definition) is 0. The molecule has 3 aromatic rings. The predicted molar refractivity (Wildman–Crippen MR) is 96.8 cm³/mol. The number of fused-ring (bicyclic) bond motifs is 1. The van der Waals surface area contributed by atoms with Gasteiger partial charge in [0.1, 0.15) is 18.2 Å². The molecule has 0 saturated carbocycles. The van der Waals surface area contributed by atoms with E-state index < -0.39 is 0 Å². The lowest BCUT2D eigenvalue weighted by Crippen LogP contribution is -2.38. The molecule has 0 radical (unpaired) electrons. The molecule has 1 aromatic heterocycles. The summed E-state index contributed by atoms with van der Waals surface area (Å²) in [5, 5.41) is 0. The van der Waals surface area contributed by atoms with Crippen LogP contribution in [0.1, 0.15) is 21.6 Å². The van der Waals surface area contributed by atoms with Crippen LogP contribution in [0.5, 0.6) is 5.75 Å². The fourth-order valence-electron chi connectivity index (χ4n) is 3.03. The Morgan fingerprint density at radius 1 is 1.08 bits per heavy atom. The van der Waals surface area contributed by atoms with Gasteiger partial charge in [0.2, 0.25) is 0 Å². The molecule has 0 atom stereocenters. The van der Waals surface area contributed by atoms with Crippen molar-refractivity contribution in [1.82, 2.24) is 4.98 Å². The minimum absolute atomic E-state index is 0.186. The van der Waals surface area contributed by atoms with Crippen molar-refractivity contribution in [1.29, 1.82) is 0 Å². The van der Waals surface area contributed by atoms with E-state index in [-0.39, 0.29) is 11.7 Å². The average molecular weight is 348 g/mol. The molecule has 0 aliphatic carbocycles. The van der Waals surface area contributed by atoms with Crippen molar-refractivity contribution >= 4 is 11.6 Å². The van der Waals surface area contributed by atoms with E-state index >= 15 is 0 Å². The van der Waals surface area contributed by atoms with Gasteiger partial charge in [0.05, 0.1) is 17.5 Å². The van der Waals surface area contributed by atoms with Gasteiger partial charge >= 0.3 is 0 Å². The van der Waals surface area contributed by atoms with Gasteiger partial charge in [0.15, 0.2) is 0 Å². The molecule has 5 heteroatoms. The van der Waals surface area contributed by atoms with E-state index in [1.54, 1.807) is 29.3 Å². The van der Waals surface area contributed by atoms with Crippen LogP contribution >= 0.6 is 0 Å². The number of ether oxygens (including phenoxy) is 1. The van der Waals surface area contributed by atoms with E-state index in [2.05, 4.69) is 4.98 Å². The topological polar surface area (TPSA) is 42.4 Å². The summed E-state index contributed by atoms with van der Waals surface area (Å²) in [6, 6.07) is 17.6. The maximum atomic E-state index is 13.5. The summed E-state index contributed by atoms with van der Waals surface area (Å²) in [5.41, 5.74) is 2.84. The molecule has 0 fully saturated rings. The van der Waals surface area contributed by atoms with E-state index in [9.17, 15) is 9.18 Å². The third-order valence-corrected chi connectivity index (χ3v) is 4.36. The molecule has 1 aliphatic heterocycles. The number of halogens is 1. The first-order chi connectivity index (χ1) is 12.7. The van der Waals surface area contributed by atoms with Gasteiger partial charge in [-0.25, -0.2) is 4.39 Å². The van der Waals surface area contributed by atoms with Gasteiger partial charge in [-0.3, -0.25) is 9.78 Å². The number of rotatable bonds is 4. The molecule has 0 saturated heterocycles. The second-order valence-corrected chi connectivity index (χ2v) is 6.13. The first-order valence-corrected chi connectivity index (χ1v) is 8.44. The summed E-state index contributed by atoms with van der Waals surface area (Å²) >= 11 is 0. The van der Waals surface area contributed by atoms with Crippen LogP contribution in [0.15, 0.2) is 66.9 Å². The van der Waals surface area contributed by atoms with Crippen molar-refractivity contribution < 1.29 is 13.9 Å². The highest BCUT2D eigenvalue weighted by atomic mass is 19.1. The Labute approximate surface area is 150 Å². The Hall–Kier alpha value is -3.21. The summed E-state index contributed by atoms with van der Waals surface area (Å²) in [6.45, 7) is 0.885. The number of hydrogen-bond acceptors (Lipinski definition) is 3. The molecule has 1 amide bonds. The van der Waals surface area contributed by atoms with Crippen molar-refractivity contribution in [2.24, 2.45) is 0 Å². The maximum Gasteiger partial charge on any atom is 0.260 e. The van der Waals surface area contributed by atoms with Gasteiger partial charge < -0.3 is 9.64 Å². The lowest BCUT2D eigenvalue weighted by Gasteiger charge is -2.28. The van der Waals surface area contributed by atoms with Crippen molar-refractivity contribution in [3.8, 4) is 5.75 Å². The van der Waals surface area contributed by atoms with Crippen LogP contribution in [0.4, 0.5) is 10.1 Å². The molecular weight excluding hydrogens is 331 g/mol. The summed E-state index contributed by atoms with van der Waals surface area (Å²) in [4.78, 5) is 18.8. The number of amides is 1. The van der Waals surface area contributed by atoms with Crippen molar-refractivity contribution in [2.45, 2.75) is 13.0 Å². The average Bonchev–Trinajstić information content (AvgIpc) is 2.68. The van der Waals surface area contributed by atoms with E-state index in [1.165, 1.54) is 12.1 Å². The van der Waals surface area contributed by atoms with Crippen LogP contribution in [0, 0.1) is 5.82 Å². The summed E-state index contributed by atoms with van der Waals surface area (Å²) < 4.78 is 19.3. The number of carbonyl (C=O) groups excluding carboxylic acids is 1. The molecule has 130 valence electrons. The number of pyridine rings is 1. The highest BCUT2D eigenvalue weighted by Gasteiger charge is 2.27. The zero-order chi connectivity index (χ0) is 17.9. The monoisotopic (exact) mass is 348 g/mol. The van der Waals surface area contributed by atoms with E-state index in [0.29, 0.717) is 36.6 Å². The predicted octanol–water partition coefficient (Wildman–Crippen LogP) is 4.00. The lowest BCUT2D eigenvalue weighted by molar-refractivity contribution is 0.0979. The lowest BCUT2D eigenvalue weighted by atomic mass is 10.0. The molecule has 26 heavy (non-hydrogen) atoms. The Morgan fingerprint density at radius 2 is 1.92 bits per heavy atom. The van der Waals surface area contributed by atoms with Crippen LogP contribution in [-0.2, 0) is 13.0 Å². The van der Waals surface area contributed by atoms with Gasteiger partial charge in [-0.05, 0) is 29.8 Å². The molecular formula is C21H17FN2O2. The molecule has 2 aromatic carbocycles. The Morgan fingerprint density at radius 3 is 2.73 bits per heavy atom. The standard InChI is InChI=1S/C21H17FN2O2/c22-16-7-4-8-17(11-16)24-10-9-20-19(21(24)25)12-18(13-23-20)26-14-15-5-2-1-3-6-15/h1-8,11-13H,9-10,14H2. The van der Waals surface area contributed by atoms with Crippen LogP contribution in [-0.4, -0.2) is 17.4 Å². The zero-order valence-electron chi connectivity index (χ0n) is 14.1. The van der Waals surface area contributed by atoms with E-state index in [4.69, 9.17) is 4.74 Å². The molecule has 4 rings (SSSR count). The SMILES string of the molecule is O=C1c2cc(OCc3ccccc3)cnc2CCN1c1cccc(F)c1. The van der Waals surface area contributed by atoms with Gasteiger partial charge in [-0.1, -0.05) is 36.4 Å². The minimum Gasteiger partial charge on any atom is -0.487 e. The number of anilines is 1. The van der Waals surface area contributed by atoms with Crippen molar-refractivity contribution in [3.05, 3.63) is 89.5 Å². The Bertz CT molecular complexity index is 944. The zero-order valence-corrected chi connectivity index (χ0v) is 14.1. The van der Waals surface area contributed by atoms with Crippen molar-refractivity contribution in [2.75, 3.05) is 11.4 Å². The third-order valence-electron chi connectivity index (χ3n) is 4.36. The second kappa shape index (κ2) is 6.96. The van der Waals surface area contributed by atoms with Gasteiger partial charge in [0, 0.05) is 18.7 Å². The third kappa shape index (κ3) is 3.28. The number of carbonyl (C=O) groups is 1. The molecule has 0 unspecified atom stereocenters. The Kier molecular flexibility index (Phi) is 4.35. The van der Waals surface area contributed by atoms with Gasteiger partial charge in [-0.15, -0.1) is 0 Å². The Balaban J connectivity index is 1.56. The fraction of sp³-hybridized carbons (Fsp3) is 0.143. The molecule has 2 heterocycles. The molecule has 0 bridgehead atoms. The van der Waals surface area contributed by atoms with Crippen LogP contribution in [0.2, 0.25) is 0 Å². The molecule has 1 aliphatic rings. The number of benzene rings is 2. The minimum atomic E-state index is -0.362.